The van der Waals surface area contributed by atoms with Crippen LogP contribution < -0.4 is 11.1 Å². The lowest BCUT2D eigenvalue weighted by atomic mass is 10.4. The van der Waals surface area contributed by atoms with Crippen LogP contribution in [0.2, 0.25) is 0 Å². The molecule has 0 atom stereocenters. The number of aryl methyl sites for hydroxylation is 1. The van der Waals surface area contributed by atoms with Gasteiger partial charge in [0.2, 0.25) is 0 Å². The first-order valence-corrected chi connectivity index (χ1v) is 4.41. The van der Waals surface area contributed by atoms with Crippen LogP contribution >= 0.6 is 0 Å². The number of amides is 1. The summed E-state index contributed by atoms with van der Waals surface area (Å²) < 4.78 is 1.52. The topological polar surface area (TPSA) is 93.2 Å². The summed E-state index contributed by atoms with van der Waals surface area (Å²) >= 11 is 0. The smallest absolute Gasteiger partial charge is 0.269 e. The van der Waals surface area contributed by atoms with Gasteiger partial charge in [-0.15, -0.1) is 0 Å². The predicted molar refractivity (Wildman–Crippen MR) is 51.7 cm³/mol. The molecule has 1 amide bonds. The molecule has 0 aliphatic heterocycles. The van der Waals surface area contributed by atoms with Gasteiger partial charge in [-0.25, -0.2) is 0 Å². The van der Waals surface area contributed by atoms with Crippen molar-refractivity contribution in [2.45, 2.75) is 13.5 Å². The molecule has 0 aliphatic carbocycles. The van der Waals surface area contributed by atoms with Gasteiger partial charge in [-0.3, -0.25) is 9.48 Å². The van der Waals surface area contributed by atoms with E-state index in [0.29, 0.717) is 18.1 Å². The number of aromatic nitrogens is 2. The van der Waals surface area contributed by atoms with Gasteiger partial charge in [-0.2, -0.15) is 5.10 Å². The molecule has 1 aromatic rings. The van der Waals surface area contributed by atoms with Crippen LogP contribution in [0.1, 0.15) is 17.4 Å². The largest absolute Gasteiger partial charge is 0.395 e. The van der Waals surface area contributed by atoms with Gasteiger partial charge >= 0.3 is 0 Å². The Morgan fingerprint density at radius 1 is 1.79 bits per heavy atom. The molecule has 0 fully saturated rings. The van der Waals surface area contributed by atoms with Gasteiger partial charge in [0, 0.05) is 19.2 Å². The van der Waals surface area contributed by atoms with Crippen molar-refractivity contribution in [2.75, 3.05) is 18.9 Å². The number of nitrogens with zero attached hydrogens (tertiary/aromatic N) is 2. The molecule has 6 heteroatoms. The van der Waals surface area contributed by atoms with Crippen molar-refractivity contribution < 1.29 is 9.90 Å². The molecular weight excluding hydrogens is 184 g/mol. The Kier molecular flexibility index (Phi) is 3.47. The number of hydrogen-bond acceptors (Lipinski definition) is 4. The van der Waals surface area contributed by atoms with E-state index in [1.165, 1.54) is 10.7 Å². The lowest BCUT2D eigenvalue weighted by molar-refractivity contribution is 0.0934. The summed E-state index contributed by atoms with van der Waals surface area (Å²) in [6, 6.07) is 1.51. The molecular formula is C8H14N4O2. The maximum absolute atomic E-state index is 11.5. The highest BCUT2D eigenvalue weighted by atomic mass is 16.3. The highest BCUT2D eigenvalue weighted by Crippen LogP contribution is 2.05. The lowest BCUT2D eigenvalue weighted by Gasteiger charge is -2.04. The molecule has 0 spiro atoms. The number of nitrogens with two attached hydrogens (primary N) is 1. The number of nitrogens with one attached hydrogen (secondary N) is 1. The fourth-order valence-corrected chi connectivity index (χ4v) is 1.12. The zero-order valence-corrected chi connectivity index (χ0v) is 8.03. The maximum atomic E-state index is 11.5. The van der Waals surface area contributed by atoms with Crippen LogP contribution in [0.15, 0.2) is 6.07 Å². The quantitative estimate of drug-likeness (QED) is 0.591. The minimum atomic E-state index is -0.273. The molecule has 1 aromatic heterocycles. The summed E-state index contributed by atoms with van der Waals surface area (Å²) in [5.74, 6) is 0.0473. The van der Waals surface area contributed by atoms with Gasteiger partial charge < -0.3 is 16.2 Å². The SMILES string of the molecule is CCn1nc(N)cc1C(=O)NCCO. The second-order valence-corrected chi connectivity index (χ2v) is 2.75. The number of rotatable bonds is 4. The molecule has 0 aliphatic rings. The van der Waals surface area contributed by atoms with Crippen LogP contribution in [0.5, 0.6) is 0 Å². The molecule has 14 heavy (non-hydrogen) atoms. The van der Waals surface area contributed by atoms with Crippen LogP contribution in [-0.2, 0) is 6.54 Å². The number of hydrogen-bond donors (Lipinski definition) is 3. The summed E-state index contributed by atoms with van der Waals surface area (Å²) in [6.07, 6.45) is 0. The highest BCUT2D eigenvalue weighted by molar-refractivity contribution is 5.93. The molecule has 0 bridgehead atoms. The Balaban J connectivity index is 2.77. The second-order valence-electron chi connectivity index (χ2n) is 2.75. The van der Waals surface area contributed by atoms with Gasteiger partial charge in [0.15, 0.2) is 0 Å². The van der Waals surface area contributed by atoms with Crippen LogP contribution in [-0.4, -0.2) is 33.9 Å². The van der Waals surface area contributed by atoms with Crippen molar-refractivity contribution in [3.8, 4) is 0 Å². The van der Waals surface area contributed by atoms with E-state index in [1.54, 1.807) is 0 Å². The number of carbonyl (C=O) groups is 1. The summed E-state index contributed by atoms with van der Waals surface area (Å²) in [7, 11) is 0. The second kappa shape index (κ2) is 4.61. The van der Waals surface area contributed by atoms with E-state index >= 15 is 0 Å². The third-order valence-corrected chi connectivity index (χ3v) is 1.73. The minimum Gasteiger partial charge on any atom is -0.395 e. The average Bonchev–Trinajstić information content (AvgIpc) is 2.56. The van der Waals surface area contributed by atoms with Gasteiger partial charge in [-0.05, 0) is 6.92 Å². The van der Waals surface area contributed by atoms with E-state index in [2.05, 4.69) is 10.4 Å². The van der Waals surface area contributed by atoms with Crippen molar-refractivity contribution in [1.82, 2.24) is 15.1 Å². The van der Waals surface area contributed by atoms with E-state index in [9.17, 15) is 4.79 Å². The van der Waals surface area contributed by atoms with E-state index in [4.69, 9.17) is 10.8 Å². The summed E-state index contributed by atoms with van der Waals surface area (Å²) in [5.41, 5.74) is 5.88. The van der Waals surface area contributed by atoms with Gasteiger partial charge in [0.25, 0.3) is 5.91 Å². The molecule has 0 saturated heterocycles. The first-order valence-electron chi connectivity index (χ1n) is 4.41. The van der Waals surface area contributed by atoms with Crippen molar-refractivity contribution in [3.63, 3.8) is 0 Å². The first kappa shape index (κ1) is 10.5. The average molecular weight is 198 g/mol. The fourth-order valence-electron chi connectivity index (χ4n) is 1.12. The molecule has 0 aromatic carbocycles. The van der Waals surface area contributed by atoms with E-state index < -0.39 is 0 Å². The lowest BCUT2D eigenvalue weighted by Crippen LogP contribution is -2.28. The highest BCUT2D eigenvalue weighted by Gasteiger charge is 2.12. The van der Waals surface area contributed by atoms with Crippen LogP contribution in [0.25, 0.3) is 0 Å². The van der Waals surface area contributed by atoms with Crippen LogP contribution in [0.3, 0.4) is 0 Å². The van der Waals surface area contributed by atoms with E-state index in [1.807, 2.05) is 6.92 Å². The Morgan fingerprint density at radius 2 is 2.50 bits per heavy atom. The number of carbonyl (C=O) groups excluding carboxylic acids is 1. The molecule has 6 nitrogen and oxygen atoms in total. The van der Waals surface area contributed by atoms with E-state index in [-0.39, 0.29) is 19.1 Å². The third kappa shape index (κ3) is 2.23. The standard InChI is InChI=1S/C8H14N4O2/c1-2-12-6(5-7(9)11-12)8(14)10-3-4-13/h5,13H,2-4H2,1H3,(H2,9,11)(H,10,14). The monoisotopic (exact) mass is 198 g/mol. The van der Waals surface area contributed by atoms with Crippen molar-refractivity contribution >= 4 is 11.7 Å². The Labute approximate surface area is 81.7 Å². The van der Waals surface area contributed by atoms with Crippen molar-refractivity contribution in [2.24, 2.45) is 0 Å². The molecule has 78 valence electrons. The van der Waals surface area contributed by atoms with Gasteiger partial charge in [0.05, 0.1) is 6.61 Å². The normalized spacial score (nSPS) is 10.1. The van der Waals surface area contributed by atoms with Crippen molar-refractivity contribution in [3.05, 3.63) is 11.8 Å². The Hall–Kier alpha value is -1.56. The van der Waals surface area contributed by atoms with Gasteiger partial charge in [0.1, 0.15) is 11.5 Å². The molecule has 0 unspecified atom stereocenters. The molecule has 0 saturated carbocycles. The summed E-state index contributed by atoms with van der Waals surface area (Å²) in [5, 5.41) is 15.0. The van der Waals surface area contributed by atoms with Crippen LogP contribution in [0, 0.1) is 0 Å². The van der Waals surface area contributed by atoms with Crippen LogP contribution in [0.4, 0.5) is 5.82 Å². The summed E-state index contributed by atoms with van der Waals surface area (Å²) in [4.78, 5) is 11.5. The van der Waals surface area contributed by atoms with Crippen molar-refractivity contribution in [1.29, 1.82) is 0 Å². The first-order chi connectivity index (χ1) is 6.69. The molecule has 0 radical (unpaired) electrons. The maximum Gasteiger partial charge on any atom is 0.269 e. The predicted octanol–water partition coefficient (Wildman–Crippen LogP) is -0.793. The number of aliphatic hydroxyl groups is 1. The molecule has 4 N–H and O–H groups in total. The van der Waals surface area contributed by atoms with Gasteiger partial charge in [-0.1, -0.05) is 0 Å². The zero-order valence-electron chi connectivity index (χ0n) is 8.03. The minimum absolute atomic E-state index is 0.0819. The Morgan fingerprint density at radius 3 is 3.07 bits per heavy atom. The summed E-state index contributed by atoms with van der Waals surface area (Å²) in [6.45, 7) is 2.60. The Bertz CT molecular complexity index is 321. The van der Waals surface area contributed by atoms with E-state index in [0.717, 1.165) is 0 Å². The molecule has 1 rings (SSSR count). The molecule has 1 heterocycles. The zero-order chi connectivity index (χ0) is 10.6. The number of anilines is 1. The third-order valence-electron chi connectivity index (χ3n) is 1.73. The fraction of sp³-hybridized carbons (Fsp3) is 0.500. The number of aliphatic hydroxyl groups excluding tert-OH is 1. The number of nitrogen functional groups attached to an aromatic ring is 1.